The molecule has 7 nitrogen and oxygen atoms in total. The van der Waals surface area contributed by atoms with Gasteiger partial charge in [-0.3, -0.25) is 9.59 Å². The van der Waals surface area contributed by atoms with E-state index in [4.69, 9.17) is 9.47 Å². The van der Waals surface area contributed by atoms with Crippen LogP contribution in [0.1, 0.15) is 34.8 Å². The number of hydrogen-bond acceptors (Lipinski definition) is 4. The fraction of sp³-hybridized carbons (Fsp3) is 0.364. The van der Waals surface area contributed by atoms with Crippen molar-refractivity contribution in [2.24, 2.45) is 0 Å². The van der Waals surface area contributed by atoms with Gasteiger partial charge in [0.15, 0.2) is 18.0 Å². The van der Waals surface area contributed by atoms with Gasteiger partial charge >= 0.3 is 0 Å². The van der Waals surface area contributed by atoms with Crippen LogP contribution in [0, 0.1) is 0 Å². The van der Waals surface area contributed by atoms with E-state index in [0.717, 1.165) is 30.9 Å². The average molecular weight is 396 g/mol. The summed E-state index contributed by atoms with van der Waals surface area (Å²) in [5.74, 6) is 1.40. The zero-order valence-corrected chi connectivity index (χ0v) is 16.5. The van der Waals surface area contributed by atoms with Crippen molar-refractivity contribution in [3.05, 3.63) is 53.6 Å². The molecule has 2 heterocycles. The summed E-state index contributed by atoms with van der Waals surface area (Å²) in [5, 5.41) is 5.52. The Balaban J connectivity index is 1.39. The summed E-state index contributed by atoms with van der Waals surface area (Å²) < 4.78 is 11.3. The Morgan fingerprint density at radius 1 is 1.07 bits per heavy atom. The Labute approximate surface area is 170 Å². The highest BCUT2D eigenvalue weighted by molar-refractivity contribution is 5.95. The van der Waals surface area contributed by atoms with Crippen molar-refractivity contribution in [1.29, 1.82) is 0 Å². The quantitative estimate of drug-likeness (QED) is 0.709. The molecule has 2 aromatic rings. The largest absolute Gasteiger partial charge is 0.486 e. The number of likely N-dealkylation sites (tertiary alicyclic amines) is 1. The molecule has 0 aromatic heterocycles. The second-order valence-electron chi connectivity index (χ2n) is 7.39. The number of ether oxygens (including phenoxy) is 2. The highest BCUT2D eigenvalue weighted by Crippen LogP contribution is 2.33. The number of anilines is 1. The standard InChI is InChI=1S/C22H25N3O4/c1-23-22(27)15-4-7-17(8-5-15)24-21(26)14-25-10-2-3-18(25)16-6-9-19-20(13-16)29-12-11-28-19/h4-9,13,18H,2-3,10-12,14H2,1H3,(H,23,27)(H,24,26)/p+1/t18-/m0/s1. The molecule has 7 heteroatoms. The number of rotatable bonds is 5. The number of fused-ring (bicyclic) bond motifs is 1. The minimum absolute atomic E-state index is 0.0304. The number of hydrogen-bond donors (Lipinski definition) is 3. The van der Waals surface area contributed by atoms with Crippen molar-refractivity contribution in [2.75, 3.05) is 38.7 Å². The molecule has 1 saturated heterocycles. The Bertz CT molecular complexity index is 897. The van der Waals surface area contributed by atoms with Crippen molar-refractivity contribution in [1.82, 2.24) is 5.32 Å². The van der Waals surface area contributed by atoms with E-state index in [0.29, 0.717) is 31.0 Å². The molecule has 0 saturated carbocycles. The van der Waals surface area contributed by atoms with E-state index in [2.05, 4.69) is 22.8 Å². The topological polar surface area (TPSA) is 81.1 Å². The van der Waals surface area contributed by atoms with Crippen LogP contribution in [0.4, 0.5) is 5.69 Å². The SMILES string of the molecule is CNC(=O)c1ccc(NC(=O)C[NH+]2CCC[C@H]2c2ccc3c(c2)OCCO3)cc1. The average Bonchev–Trinajstić information content (AvgIpc) is 3.21. The van der Waals surface area contributed by atoms with E-state index < -0.39 is 0 Å². The van der Waals surface area contributed by atoms with Crippen LogP contribution in [0.3, 0.4) is 0 Å². The van der Waals surface area contributed by atoms with Gasteiger partial charge in [0, 0.05) is 36.7 Å². The normalized spacial score (nSPS) is 20.2. The number of carbonyl (C=O) groups excluding carboxylic acids is 2. The molecule has 2 aromatic carbocycles. The number of quaternary nitrogens is 1. The molecule has 0 aliphatic carbocycles. The van der Waals surface area contributed by atoms with Crippen LogP contribution < -0.4 is 25.0 Å². The molecular formula is C22H26N3O4+. The van der Waals surface area contributed by atoms with Crippen molar-refractivity contribution in [2.45, 2.75) is 18.9 Å². The van der Waals surface area contributed by atoms with Gasteiger partial charge in [-0.2, -0.15) is 0 Å². The van der Waals surface area contributed by atoms with Crippen LogP contribution in [0.2, 0.25) is 0 Å². The fourth-order valence-electron chi connectivity index (χ4n) is 4.06. The Morgan fingerprint density at radius 2 is 1.83 bits per heavy atom. The summed E-state index contributed by atoms with van der Waals surface area (Å²) in [6, 6.07) is 13.3. The molecule has 2 amide bonds. The van der Waals surface area contributed by atoms with E-state index in [1.54, 1.807) is 31.3 Å². The summed E-state index contributed by atoms with van der Waals surface area (Å²) in [6.07, 6.45) is 2.13. The molecule has 4 rings (SSSR count). The van der Waals surface area contributed by atoms with Crippen LogP contribution in [0.15, 0.2) is 42.5 Å². The molecule has 0 bridgehead atoms. The third kappa shape index (κ3) is 4.35. The van der Waals surface area contributed by atoms with Gasteiger partial charge in [-0.25, -0.2) is 0 Å². The van der Waals surface area contributed by atoms with Gasteiger partial charge in [-0.05, 0) is 42.5 Å². The first-order chi connectivity index (χ1) is 14.1. The molecule has 2 atom stereocenters. The zero-order chi connectivity index (χ0) is 20.2. The maximum atomic E-state index is 12.6. The maximum absolute atomic E-state index is 12.6. The van der Waals surface area contributed by atoms with Crippen molar-refractivity contribution in [3.8, 4) is 11.5 Å². The molecule has 152 valence electrons. The van der Waals surface area contributed by atoms with Crippen LogP contribution in [-0.4, -0.2) is 45.2 Å². The third-order valence-corrected chi connectivity index (χ3v) is 5.50. The number of nitrogens with one attached hydrogen (secondary N) is 3. The van der Waals surface area contributed by atoms with Gasteiger partial charge in [0.1, 0.15) is 19.3 Å². The number of benzene rings is 2. The minimum Gasteiger partial charge on any atom is -0.486 e. The van der Waals surface area contributed by atoms with Gasteiger partial charge in [0.25, 0.3) is 11.8 Å². The predicted octanol–water partition coefficient (Wildman–Crippen LogP) is 1.18. The second-order valence-corrected chi connectivity index (χ2v) is 7.39. The van der Waals surface area contributed by atoms with Crippen molar-refractivity contribution >= 4 is 17.5 Å². The summed E-state index contributed by atoms with van der Waals surface area (Å²) in [6.45, 7) is 2.51. The number of amides is 2. The monoisotopic (exact) mass is 396 g/mol. The van der Waals surface area contributed by atoms with Gasteiger partial charge < -0.3 is 25.0 Å². The lowest BCUT2D eigenvalue weighted by molar-refractivity contribution is -0.910. The number of carbonyl (C=O) groups is 2. The van der Waals surface area contributed by atoms with Gasteiger partial charge in [-0.1, -0.05) is 0 Å². The van der Waals surface area contributed by atoms with E-state index in [1.165, 1.54) is 10.5 Å². The fourth-order valence-corrected chi connectivity index (χ4v) is 4.06. The van der Waals surface area contributed by atoms with Crippen molar-refractivity contribution in [3.63, 3.8) is 0 Å². The first kappa shape index (κ1) is 19.3. The predicted molar refractivity (Wildman–Crippen MR) is 109 cm³/mol. The van der Waals surface area contributed by atoms with E-state index in [-0.39, 0.29) is 17.9 Å². The lowest BCUT2D eigenvalue weighted by Gasteiger charge is -2.24. The lowest BCUT2D eigenvalue weighted by Crippen LogP contribution is -3.11. The van der Waals surface area contributed by atoms with E-state index in [1.807, 2.05) is 6.07 Å². The Hall–Kier alpha value is -3.06. The highest BCUT2D eigenvalue weighted by Gasteiger charge is 2.32. The highest BCUT2D eigenvalue weighted by atomic mass is 16.6. The molecule has 29 heavy (non-hydrogen) atoms. The van der Waals surface area contributed by atoms with Gasteiger partial charge in [0.2, 0.25) is 0 Å². The third-order valence-electron chi connectivity index (χ3n) is 5.50. The maximum Gasteiger partial charge on any atom is 0.279 e. The van der Waals surface area contributed by atoms with Crippen LogP contribution >= 0.6 is 0 Å². The lowest BCUT2D eigenvalue weighted by atomic mass is 10.0. The molecule has 0 spiro atoms. The Morgan fingerprint density at radius 3 is 2.59 bits per heavy atom. The summed E-state index contributed by atoms with van der Waals surface area (Å²) in [7, 11) is 1.59. The second kappa shape index (κ2) is 8.53. The summed E-state index contributed by atoms with van der Waals surface area (Å²) in [4.78, 5) is 25.5. The molecule has 2 aliphatic heterocycles. The molecule has 1 fully saturated rings. The summed E-state index contributed by atoms with van der Waals surface area (Å²) in [5.41, 5.74) is 2.44. The Kier molecular flexibility index (Phi) is 5.67. The first-order valence-electron chi connectivity index (χ1n) is 10.00. The first-order valence-corrected chi connectivity index (χ1v) is 10.00. The minimum atomic E-state index is -0.147. The van der Waals surface area contributed by atoms with Crippen LogP contribution in [-0.2, 0) is 4.79 Å². The van der Waals surface area contributed by atoms with Gasteiger partial charge in [0.05, 0.1) is 6.54 Å². The van der Waals surface area contributed by atoms with E-state index >= 15 is 0 Å². The van der Waals surface area contributed by atoms with Gasteiger partial charge in [-0.15, -0.1) is 0 Å². The molecule has 1 unspecified atom stereocenters. The zero-order valence-electron chi connectivity index (χ0n) is 16.5. The van der Waals surface area contributed by atoms with Crippen LogP contribution in [0.25, 0.3) is 0 Å². The molecule has 0 radical (unpaired) electrons. The summed E-state index contributed by atoms with van der Waals surface area (Å²) >= 11 is 0. The van der Waals surface area contributed by atoms with E-state index in [9.17, 15) is 9.59 Å². The smallest absolute Gasteiger partial charge is 0.279 e. The molecular weight excluding hydrogens is 370 g/mol. The molecule has 2 aliphatic rings. The van der Waals surface area contributed by atoms with Crippen molar-refractivity contribution < 1.29 is 24.0 Å². The van der Waals surface area contributed by atoms with Crippen LogP contribution in [0.5, 0.6) is 11.5 Å². The molecule has 3 N–H and O–H groups in total.